The maximum absolute atomic E-state index is 6.33. The molecule has 0 heterocycles. The number of anilines is 2. The monoisotopic (exact) mass is 334 g/mol. The van der Waals surface area contributed by atoms with Crippen molar-refractivity contribution in [1.29, 1.82) is 0 Å². The van der Waals surface area contributed by atoms with E-state index in [0.717, 1.165) is 16.8 Å². The van der Waals surface area contributed by atoms with E-state index in [4.69, 9.17) is 28.0 Å². The number of nitrogens with zero attached hydrogens (tertiary/aromatic N) is 1. The van der Waals surface area contributed by atoms with E-state index in [-0.39, 0.29) is 0 Å². The van der Waals surface area contributed by atoms with Crippen LogP contribution in [-0.2, 0) is 4.84 Å². The molecule has 0 saturated heterocycles. The molecule has 0 aliphatic heterocycles. The van der Waals surface area contributed by atoms with Gasteiger partial charge in [0.25, 0.3) is 0 Å². The van der Waals surface area contributed by atoms with Gasteiger partial charge in [0, 0.05) is 11.3 Å². The summed E-state index contributed by atoms with van der Waals surface area (Å²) in [5.74, 6) is 0. The minimum absolute atomic E-state index is 0.363. The molecule has 0 aliphatic rings. The smallest absolute Gasteiger partial charge is 0.135 e. The van der Waals surface area contributed by atoms with Crippen molar-refractivity contribution in [3.05, 3.63) is 70.2 Å². The van der Waals surface area contributed by atoms with Crippen molar-refractivity contribution in [3.8, 4) is 0 Å². The number of benzene rings is 2. The average molecular weight is 335 g/mol. The molecule has 22 heavy (non-hydrogen) atoms. The quantitative estimate of drug-likeness (QED) is 0.323. The van der Waals surface area contributed by atoms with Gasteiger partial charge in [-0.15, -0.1) is 0 Å². The Bertz CT molecular complexity index is 699. The summed E-state index contributed by atoms with van der Waals surface area (Å²) in [7, 11) is 0. The van der Waals surface area contributed by atoms with Crippen LogP contribution in [0.4, 0.5) is 11.4 Å². The summed E-state index contributed by atoms with van der Waals surface area (Å²) in [6.45, 7) is 5.86. The lowest BCUT2D eigenvalue weighted by molar-refractivity contribution is 0.176. The Hall–Kier alpha value is -1.97. The Labute approximate surface area is 140 Å². The van der Waals surface area contributed by atoms with Gasteiger partial charge in [0.15, 0.2) is 0 Å². The molecule has 0 fully saturated rings. The molecule has 0 aromatic heterocycles. The van der Waals surface area contributed by atoms with Crippen LogP contribution in [0.1, 0.15) is 11.1 Å². The molecule has 2 rings (SSSR count). The van der Waals surface area contributed by atoms with Crippen molar-refractivity contribution in [2.75, 3.05) is 11.9 Å². The van der Waals surface area contributed by atoms with E-state index in [1.165, 1.54) is 0 Å². The number of halogens is 2. The lowest BCUT2D eigenvalue weighted by atomic mass is 10.1. The number of oxime groups is 1. The fourth-order valence-corrected chi connectivity index (χ4v) is 2.28. The fourth-order valence-electron chi connectivity index (χ4n) is 1.82. The van der Waals surface area contributed by atoms with E-state index in [0.29, 0.717) is 22.3 Å². The Balaban J connectivity index is 2.29. The van der Waals surface area contributed by atoms with Gasteiger partial charge in [0.2, 0.25) is 0 Å². The van der Waals surface area contributed by atoms with Crippen LogP contribution in [0.15, 0.2) is 54.2 Å². The van der Waals surface area contributed by atoms with Gasteiger partial charge in [0.05, 0.1) is 21.9 Å². The zero-order valence-electron chi connectivity index (χ0n) is 12.1. The summed E-state index contributed by atoms with van der Waals surface area (Å²) in [5, 5.41) is 8.31. The number of hydrogen-bond donors (Lipinski definition) is 1. The van der Waals surface area contributed by atoms with Crippen molar-refractivity contribution in [1.82, 2.24) is 0 Å². The van der Waals surface area contributed by atoms with Crippen LogP contribution in [-0.4, -0.2) is 12.8 Å². The zero-order chi connectivity index (χ0) is 15.9. The Morgan fingerprint density at radius 2 is 2.00 bits per heavy atom. The minimum atomic E-state index is 0.363. The summed E-state index contributed by atoms with van der Waals surface area (Å²) < 4.78 is 0. The Kier molecular flexibility index (Phi) is 5.87. The van der Waals surface area contributed by atoms with Crippen LogP contribution in [0, 0.1) is 6.92 Å². The molecule has 1 N–H and O–H groups in total. The molecule has 2 aromatic rings. The highest BCUT2D eigenvalue weighted by Crippen LogP contribution is 2.35. The maximum atomic E-state index is 6.33. The molecule has 0 spiro atoms. The summed E-state index contributed by atoms with van der Waals surface area (Å²) in [5.41, 5.74) is 3.33. The van der Waals surface area contributed by atoms with E-state index >= 15 is 0 Å². The lowest BCUT2D eigenvalue weighted by Gasteiger charge is -2.14. The summed E-state index contributed by atoms with van der Waals surface area (Å²) in [4.78, 5) is 5.03. The van der Waals surface area contributed by atoms with Crippen molar-refractivity contribution in [2.45, 2.75) is 6.92 Å². The minimum Gasteiger partial charge on any atom is -0.392 e. The number of hydrogen-bond acceptors (Lipinski definition) is 3. The highest BCUT2D eigenvalue weighted by atomic mass is 35.5. The maximum Gasteiger partial charge on any atom is 0.135 e. The number of nitrogens with one attached hydrogen (secondary N) is 1. The number of aryl methyl sites for hydroxylation is 1. The first kappa shape index (κ1) is 16.4. The van der Waals surface area contributed by atoms with Gasteiger partial charge in [0.1, 0.15) is 6.61 Å². The third-order valence-electron chi connectivity index (χ3n) is 2.96. The van der Waals surface area contributed by atoms with Crippen LogP contribution in [0.3, 0.4) is 0 Å². The largest absolute Gasteiger partial charge is 0.392 e. The van der Waals surface area contributed by atoms with Crippen LogP contribution in [0.2, 0.25) is 10.0 Å². The first-order valence-electron chi connectivity index (χ1n) is 6.70. The summed E-state index contributed by atoms with van der Waals surface area (Å²) in [6.07, 6.45) is 3.26. The topological polar surface area (TPSA) is 33.6 Å². The van der Waals surface area contributed by atoms with Gasteiger partial charge in [-0.1, -0.05) is 65.3 Å². The molecule has 3 nitrogen and oxygen atoms in total. The molecule has 0 bridgehead atoms. The van der Waals surface area contributed by atoms with Gasteiger partial charge < -0.3 is 10.2 Å². The van der Waals surface area contributed by atoms with Crippen LogP contribution in [0.25, 0.3) is 0 Å². The second-order valence-corrected chi connectivity index (χ2v) is 5.37. The first-order valence-corrected chi connectivity index (χ1v) is 7.46. The molecule has 0 saturated carbocycles. The SMILES string of the molecule is C=CCON=Cc1ccccc1Nc1c(Cl)ccc(C)c1Cl. The summed E-state index contributed by atoms with van der Waals surface area (Å²) >= 11 is 12.6. The van der Waals surface area contributed by atoms with Crippen molar-refractivity contribution >= 4 is 40.8 Å². The molecule has 2 aromatic carbocycles. The number of rotatable bonds is 6. The van der Waals surface area contributed by atoms with Gasteiger partial charge >= 0.3 is 0 Å². The molecule has 114 valence electrons. The number of para-hydroxylation sites is 1. The van der Waals surface area contributed by atoms with Crippen LogP contribution in [0.5, 0.6) is 0 Å². The second kappa shape index (κ2) is 7.87. The molecule has 0 aliphatic carbocycles. The van der Waals surface area contributed by atoms with Crippen LogP contribution >= 0.6 is 23.2 Å². The zero-order valence-corrected chi connectivity index (χ0v) is 13.7. The predicted molar refractivity (Wildman–Crippen MR) is 94.7 cm³/mol. The van der Waals surface area contributed by atoms with Gasteiger partial charge in [-0.25, -0.2) is 0 Å². The lowest BCUT2D eigenvalue weighted by Crippen LogP contribution is -1.98. The van der Waals surface area contributed by atoms with Gasteiger partial charge in [-0.3, -0.25) is 0 Å². The molecule has 5 heteroatoms. The van der Waals surface area contributed by atoms with Gasteiger partial charge in [-0.2, -0.15) is 0 Å². The third-order valence-corrected chi connectivity index (χ3v) is 3.77. The predicted octanol–water partition coefficient (Wildman–Crippen LogP) is 5.58. The van der Waals surface area contributed by atoms with E-state index in [2.05, 4.69) is 17.1 Å². The van der Waals surface area contributed by atoms with Crippen molar-refractivity contribution in [2.24, 2.45) is 5.16 Å². The van der Waals surface area contributed by atoms with E-state index in [1.54, 1.807) is 12.3 Å². The molecular formula is C17H16Cl2N2O. The Morgan fingerprint density at radius 3 is 2.77 bits per heavy atom. The van der Waals surface area contributed by atoms with Crippen LogP contribution < -0.4 is 5.32 Å². The van der Waals surface area contributed by atoms with E-state index in [9.17, 15) is 0 Å². The second-order valence-electron chi connectivity index (χ2n) is 4.58. The third kappa shape index (κ3) is 4.03. The fraction of sp³-hybridized carbons (Fsp3) is 0.118. The standard InChI is InChI=1S/C17H16Cl2N2O/c1-3-10-22-20-11-13-6-4-5-7-15(13)21-17-14(18)9-8-12(2)16(17)19/h3-9,11,21H,1,10H2,2H3. The highest BCUT2D eigenvalue weighted by molar-refractivity contribution is 6.39. The first-order chi connectivity index (χ1) is 10.6. The molecular weight excluding hydrogens is 319 g/mol. The highest BCUT2D eigenvalue weighted by Gasteiger charge is 2.10. The molecule has 0 amide bonds. The summed E-state index contributed by atoms with van der Waals surface area (Å²) in [6, 6.07) is 11.4. The average Bonchev–Trinajstić information content (AvgIpc) is 2.53. The molecule has 0 atom stereocenters. The van der Waals surface area contributed by atoms with E-state index in [1.807, 2.05) is 43.3 Å². The Morgan fingerprint density at radius 1 is 1.23 bits per heavy atom. The van der Waals surface area contributed by atoms with Crippen molar-refractivity contribution in [3.63, 3.8) is 0 Å². The molecule has 0 radical (unpaired) electrons. The van der Waals surface area contributed by atoms with E-state index < -0.39 is 0 Å². The van der Waals surface area contributed by atoms with Crippen molar-refractivity contribution < 1.29 is 4.84 Å². The van der Waals surface area contributed by atoms with Gasteiger partial charge in [-0.05, 0) is 24.6 Å². The molecule has 0 unspecified atom stereocenters. The normalized spacial score (nSPS) is 10.7.